The van der Waals surface area contributed by atoms with Crippen LogP contribution >= 0.6 is 0 Å². The Morgan fingerprint density at radius 3 is 2.23 bits per heavy atom. The van der Waals surface area contributed by atoms with Crippen molar-refractivity contribution in [2.24, 2.45) is 0 Å². The van der Waals surface area contributed by atoms with Gasteiger partial charge < -0.3 is 24.4 Å². The molecule has 7 nitrogen and oxygen atoms in total. The zero-order chi connectivity index (χ0) is 22.1. The molecule has 0 saturated heterocycles. The van der Waals surface area contributed by atoms with Gasteiger partial charge in [0, 0.05) is 24.3 Å². The highest BCUT2D eigenvalue weighted by atomic mass is 16.5. The van der Waals surface area contributed by atoms with Gasteiger partial charge in [-0.25, -0.2) is 4.79 Å². The largest absolute Gasteiger partial charge is 0.497 e. The normalized spacial score (nSPS) is 11.4. The summed E-state index contributed by atoms with van der Waals surface area (Å²) in [6.07, 6.45) is 0. The summed E-state index contributed by atoms with van der Waals surface area (Å²) in [6.45, 7) is 7.38. The van der Waals surface area contributed by atoms with E-state index >= 15 is 0 Å². The number of hydrogen-bond acceptors (Lipinski definition) is 6. The van der Waals surface area contributed by atoms with Crippen molar-refractivity contribution in [2.45, 2.75) is 26.8 Å². The van der Waals surface area contributed by atoms with Crippen LogP contribution in [0.1, 0.15) is 42.7 Å². The first kappa shape index (κ1) is 23.1. The van der Waals surface area contributed by atoms with Gasteiger partial charge in [-0.15, -0.1) is 0 Å². The second kappa shape index (κ2) is 11.1. The molecule has 2 rings (SSSR count). The Morgan fingerprint density at radius 2 is 1.67 bits per heavy atom. The van der Waals surface area contributed by atoms with Crippen molar-refractivity contribution < 1.29 is 23.8 Å². The molecule has 0 aliphatic heterocycles. The fourth-order valence-corrected chi connectivity index (χ4v) is 3.15. The first-order valence-electron chi connectivity index (χ1n) is 9.96. The molecule has 2 aromatic rings. The van der Waals surface area contributed by atoms with E-state index in [1.807, 2.05) is 19.1 Å². The van der Waals surface area contributed by atoms with Crippen LogP contribution in [0.5, 0.6) is 11.5 Å². The third-order valence-electron chi connectivity index (χ3n) is 4.85. The maximum atomic E-state index is 12.3. The Kier molecular flexibility index (Phi) is 8.53. The SMILES string of the molecule is CCN(CC)c1ccc(C(=O)OCC(=O)N[C@H](C)c2cc(OC)ccc2OC)cc1. The van der Waals surface area contributed by atoms with Crippen LogP contribution in [-0.4, -0.2) is 45.8 Å². The lowest BCUT2D eigenvalue weighted by molar-refractivity contribution is -0.124. The predicted molar refractivity (Wildman–Crippen MR) is 116 cm³/mol. The minimum Gasteiger partial charge on any atom is -0.497 e. The molecule has 7 heteroatoms. The minimum absolute atomic E-state index is 0.352. The van der Waals surface area contributed by atoms with Gasteiger partial charge in [0.25, 0.3) is 5.91 Å². The van der Waals surface area contributed by atoms with Crippen molar-refractivity contribution in [3.8, 4) is 11.5 Å². The van der Waals surface area contributed by atoms with Gasteiger partial charge >= 0.3 is 5.97 Å². The van der Waals surface area contributed by atoms with Crippen LogP contribution in [0.15, 0.2) is 42.5 Å². The summed E-state index contributed by atoms with van der Waals surface area (Å²) in [6, 6.07) is 12.2. The van der Waals surface area contributed by atoms with Crippen molar-refractivity contribution in [3.63, 3.8) is 0 Å². The number of hydrogen-bond donors (Lipinski definition) is 1. The number of carbonyl (C=O) groups is 2. The molecule has 0 bridgehead atoms. The number of rotatable bonds is 10. The summed E-state index contributed by atoms with van der Waals surface area (Å²) in [5, 5.41) is 2.81. The average molecular weight is 415 g/mol. The molecule has 1 atom stereocenters. The van der Waals surface area contributed by atoms with Crippen molar-refractivity contribution in [1.82, 2.24) is 5.32 Å². The highest BCUT2D eigenvalue weighted by Crippen LogP contribution is 2.29. The van der Waals surface area contributed by atoms with Crippen LogP contribution in [0.3, 0.4) is 0 Å². The predicted octanol–water partition coefficient (Wildman–Crippen LogP) is 3.58. The molecule has 30 heavy (non-hydrogen) atoms. The summed E-state index contributed by atoms with van der Waals surface area (Å²) in [4.78, 5) is 26.7. The van der Waals surface area contributed by atoms with Gasteiger partial charge in [-0.1, -0.05) is 0 Å². The molecular weight excluding hydrogens is 384 g/mol. The quantitative estimate of drug-likeness (QED) is 0.599. The number of nitrogens with one attached hydrogen (secondary N) is 1. The van der Waals surface area contributed by atoms with Crippen molar-refractivity contribution in [1.29, 1.82) is 0 Å². The smallest absolute Gasteiger partial charge is 0.338 e. The molecule has 2 aromatic carbocycles. The number of carbonyl (C=O) groups excluding carboxylic acids is 2. The van der Waals surface area contributed by atoms with Crippen LogP contribution in [0.2, 0.25) is 0 Å². The number of methoxy groups -OCH3 is 2. The van der Waals surface area contributed by atoms with E-state index in [1.54, 1.807) is 44.6 Å². The lowest BCUT2D eigenvalue weighted by Gasteiger charge is -2.21. The Morgan fingerprint density at radius 1 is 1.00 bits per heavy atom. The molecule has 0 saturated carbocycles. The molecule has 1 amide bonds. The Labute approximate surface area is 177 Å². The molecule has 0 radical (unpaired) electrons. The van der Waals surface area contributed by atoms with E-state index in [2.05, 4.69) is 24.1 Å². The molecule has 0 fully saturated rings. The van der Waals surface area contributed by atoms with Crippen LogP contribution in [0.4, 0.5) is 5.69 Å². The highest BCUT2D eigenvalue weighted by molar-refractivity contribution is 5.91. The van der Waals surface area contributed by atoms with Gasteiger partial charge in [0.1, 0.15) is 11.5 Å². The molecule has 0 heterocycles. The van der Waals surface area contributed by atoms with Gasteiger partial charge in [0.2, 0.25) is 0 Å². The second-order valence-electron chi connectivity index (χ2n) is 6.69. The van der Waals surface area contributed by atoms with Gasteiger partial charge in [0.05, 0.1) is 25.8 Å². The topological polar surface area (TPSA) is 77.1 Å². The van der Waals surface area contributed by atoms with E-state index in [9.17, 15) is 9.59 Å². The molecule has 162 valence electrons. The van der Waals surface area contributed by atoms with Crippen molar-refractivity contribution >= 4 is 17.6 Å². The number of anilines is 1. The zero-order valence-electron chi connectivity index (χ0n) is 18.2. The zero-order valence-corrected chi connectivity index (χ0v) is 18.2. The van der Waals surface area contributed by atoms with E-state index < -0.39 is 11.9 Å². The van der Waals surface area contributed by atoms with Gasteiger partial charge in [-0.05, 0) is 63.2 Å². The maximum absolute atomic E-state index is 12.3. The van der Waals surface area contributed by atoms with Crippen LogP contribution in [0, 0.1) is 0 Å². The number of esters is 1. The Bertz CT molecular complexity index is 847. The third-order valence-corrected chi connectivity index (χ3v) is 4.85. The first-order chi connectivity index (χ1) is 14.4. The number of nitrogens with zero attached hydrogens (tertiary/aromatic N) is 1. The van der Waals surface area contributed by atoms with Gasteiger partial charge in [0.15, 0.2) is 6.61 Å². The average Bonchev–Trinajstić information content (AvgIpc) is 2.78. The number of benzene rings is 2. The van der Waals surface area contributed by atoms with E-state index in [0.29, 0.717) is 17.1 Å². The highest BCUT2D eigenvalue weighted by Gasteiger charge is 2.17. The number of amides is 1. The van der Waals surface area contributed by atoms with Crippen molar-refractivity contribution in [3.05, 3.63) is 53.6 Å². The van der Waals surface area contributed by atoms with Crippen LogP contribution in [0.25, 0.3) is 0 Å². The van der Waals surface area contributed by atoms with Crippen LogP contribution in [-0.2, 0) is 9.53 Å². The summed E-state index contributed by atoms with van der Waals surface area (Å²) in [7, 11) is 3.13. The summed E-state index contributed by atoms with van der Waals surface area (Å²) in [5.41, 5.74) is 2.21. The minimum atomic E-state index is -0.539. The molecule has 0 spiro atoms. The van der Waals surface area contributed by atoms with Crippen LogP contribution < -0.4 is 19.7 Å². The fourth-order valence-electron chi connectivity index (χ4n) is 3.15. The lowest BCUT2D eigenvalue weighted by atomic mass is 10.1. The molecular formula is C23H30N2O5. The summed E-state index contributed by atoms with van der Waals surface area (Å²) < 4.78 is 15.7. The Balaban J connectivity index is 1.93. The van der Waals surface area contributed by atoms with E-state index in [1.165, 1.54) is 0 Å². The van der Waals surface area contributed by atoms with Gasteiger partial charge in [-0.3, -0.25) is 4.79 Å². The molecule has 0 aliphatic carbocycles. The van der Waals surface area contributed by atoms with E-state index in [-0.39, 0.29) is 12.6 Å². The molecule has 0 unspecified atom stereocenters. The molecule has 1 N–H and O–H groups in total. The molecule has 0 aromatic heterocycles. The maximum Gasteiger partial charge on any atom is 0.338 e. The standard InChI is InChI=1S/C23H30N2O5/c1-6-25(7-2)18-10-8-17(9-11-18)23(27)30-15-22(26)24-16(3)20-14-19(28-4)12-13-21(20)29-5/h8-14,16H,6-7,15H2,1-5H3,(H,24,26)/t16-/m1/s1. The summed E-state index contributed by atoms with van der Waals surface area (Å²) >= 11 is 0. The monoisotopic (exact) mass is 414 g/mol. The second-order valence-corrected chi connectivity index (χ2v) is 6.69. The van der Waals surface area contributed by atoms with Crippen molar-refractivity contribution in [2.75, 3.05) is 38.8 Å². The third kappa shape index (κ3) is 5.89. The van der Waals surface area contributed by atoms with E-state index in [4.69, 9.17) is 14.2 Å². The molecule has 0 aliphatic rings. The summed E-state index contributed by atoms with van der Waals surface area (Å²) in [5.74, 6) is 0.351. The first-order valence-corrected chi connectivity index (χ1v) is 9.96. The fraction of sp³-hybridized carbons (Fsp3) is 0.391. The lowest BCUT2D eigenvalue weighted by Crippen LogP contribution is -2.31. The van der Waals surface area contributed by atoms with E-state index in [0.717, 1.165) is 24.3 Å². The van der Waals surface area contributed by atoms with Gasteiger partial charge in [-0.2, -0.15) is 0 Å². The Hall–Kier alpha value is -3.22. The number of ether oxygens (including phenoxy) is 3.